The first kappa shape index (κ1) is 98.2. The topological polar surface area (TPSA) is 419 Å². The number of aryl methyl sites for hydroxylation is 7. The maximum Gasteiger partial charge on any atom is 0.363 e. The molecule has 1 amide bonds. The third-order valence-corrected chi connectivity index (χ3v) is 27.3. The summed E-state index contributed by atoms with van der Waals surface area (Å²) >= 11 is 6.79. The molecular formula is C96H94N16O17S6. The molecule has 0 unspecified atom stereocenters. The minimum Gasteiger partial charge on any atom is -0.494 e. The number of hydrogen-bond donors (Lipinski definition) is 1. The number of non-ortho nitro benzene ring substituents is 1. The van der Waals surface area contributed by atoms with E-state index in [1.165, 1.54) is 95.9 Å². The van der Waals surface area contributed by atoms with E-state index < -0.39 is 53.9 Å². The van der Waals surface area contributed by atoms with Crippen LogP contribution >= 0.6 is 56.7 Å². The molecule has 135 heavy (non-hydrogen) atoms. The number of nitrogens with two attached hydrogens (primary N) is 1. The number of pyridine rings is 1. The van der Waals surface area contributed by atoms with Crippen molar-refractivity contribution in [2.24, 2.45) is 0 Å². The van der Waals surface area contributed by atoms with Crippen molar-refractivity contribution in [1.82, 2.24) is 63.7 Å². The van der Waals surface area contributed by atoms with Crippen molar-refractivity contribution in [3.63, 3.8) is 0 Å². The second kappa shape index (κ2) is 41.1. The highest BCUT2D eigenvalue weighted by Crippen LogP contribution is 2.36. The summed E-state index contributed by atoms with van der Waals surface area (Å²) in [6.07, 6.45) is 9.97. The number of nitrogens with zero attached hydrogens (tertiary/aromatic N) is 15. The van der Waals surface area contributed by atoms with Gasteiger partial charge in [0.05, 0.1) is 71.1 Å². The number of unbranched alkanes of at least 4 members (excludes halogenated alkanes) is 1. The van der Waals surface area contributed by atoms with E-state index in [-0.39, 0.29) is 76.9 Å². The van der Waals surface area contributed by atoms with E-state index in [0.717, 1.165) is 124 Å². The number of benzene rings is 5. The van der Waals surface area contributed by atoms with Crippen LogP contribution in [0, 0.1) is 81.0 Å². The van der Waals surface area contributed by atoms with Gasteiger partial charge >= 0.3 is 17.8 Å². The molecule has 16 aromatic rings. The second-order valence-electron chi connectivity index (χ2n) is 33.4. The molecule has 0 aliphatic carbocycles. The zero-order valence-corrected chi connectivity index (χ0v) is 81.2. The fourth-order valence-corrected chi connectivity index (χ4v) is 19.9. The molecule has 11 aromatic heterocycles. The number of esters is 2. The molecule has 0 spiro atoms. The number of nitrogen functional groups attached to an aromatic ring is 1. The summed E-state index contributed by atoms with van der Waals surface area (Å²) in [6.45, 7) is 33.1. The number of nitro groups is 2. The molecule has 2 N–H and O–H groups in total. The molecule has 0 bridgehead atoms. The van der Waals surface area contributed by atoms with E-state index in [4.69, 9.17) is 26.4 Å². The summed E-state index contributed by atoms with van der Waals surface area (Å²) in [5, 5.41) is 56.4. The molecule has 5 aromatic carbocycles. The first-order valence-electron chi connectivity index (χ1n) is 42.4. The van der Waals surface area contributed by atoms with Crippen LogP contribution in [0.2, 0.25) is 0 Å². The van der Waals surface area contributed by atoms with Crippen molar-refractivity contribution in [2.75, 3.05) is 45.1 Å². The molecule has 1 aliphatic rings. The van der Waals surface area contributed by atoms with Gasteiger partial charge in [-0.2, -0.15) is 48.9 Å². The number of terminal acetylenes is 1. The maximum absolute atomic E-state index is 13.4. The molecule has 39 heteroatoms. The van der Waals surface area contributed by atoms with Gasteiger partial charge in [-0.25, -0.2) is 18.0 Å². The highest BCUT2D eigenvalue weighted by molar-refractivity contribution is 7.91. The maximum atomic E-state index is 13.4. The zero-order valence-electron chi connectivity index (χ0n) is 76.3. The van der Waals surface area contributed by atoms with Crippen molar-refractivity contribution in [1.29, 1.82) is 0 Å². The number of carbonyl (C=O) groups excluding carboxylic acids is 3. The van der Waals surface area contributed by atoms with E-state index in [1.807, 2.05) is 113 Å². The zero-order chi connectivity index (χ0) is 97.6. The average Bonchev–Trinajstić information content (AvgIpc) is 1.66. The van der Waals surface area contributed by atoms with Gasteiger partial charge in [-0.3, -0.25) is 43.8 Å². The lowest BCUT2D eigenvalue weighted by Crippen LogP contribution is -2.49. The number of fused-ring (bicyclic) bond motifs is 5. The Bertz CT molecular complexity index is 7740. The van der Waals surface area contributed by atoms with E-state index >= 15 is 0 Å². The van der Waals surface area contributed by atoms with Crippen molar-refractivity contribution in [3.8, 4) is 46.5 Å². The van der Waals surface area contributed by atoms with Gasteiger partial charge in [0.15, 0.2) is 28.3 Å². The number of sulfone groups is 1. The fraction of sp³-hybridized carbons (Fsp3) is 0.271. The Morgan fingerprint density at radius 3 is 1.27 bits per heavy atom. The molecule has 0 saturated carbocycles. The highest BCUT2D eigenvalue weighted by Gasteiger charge is 2.33. The van der Waals surface area contributed by atoms with Crippen LogP contribution in [-0.2, 0) is 19.3 Å². The molecule has 0 radical (unpaired) electrons. The van der Waals surface area contributed by atoms with Crippen molar-refractivity contribution in [3.05, 3.63) is 298 Å². The minimum atomic E-state index is -4.19. The van der Waals surface area contributed by atoms with Crippen LogP contribution in [0.15, 0.2) is 200 Å². The Morgan fingerprint density at radius 2 is 0.859 bits per heavy atom. The first-order valence-corrected chi connectivity index (χ1v) is 48.3. The Morgan fingerprint density at radius 1 is 0.474 bits per heavy atom. The van der Waals surface area contributed by atoms with Crippen molar-refractivity contribution in [2.45, 2.75) is 144 Å². The average molecular weight is 1940 g/mol. The monoisotopic (exact) mass is 1930 g/mol. The van der Waals surface area contributed by atoms with Gasteiger partial charge in [0.25, 0.3) is 39.4 Å². The lowest BCUT2D eigenvalue weighted by atomic mass is 10.1. The van der Waals surface area contributed by atoms with Crippen LogP contribution < -0.4 is 38.3 Å². The lowest BCUT2D eigenvalue weighted by molar-refractivity contribution is -0.389. The van der Waals surface area contributed by atoms with Crippen molar-refractivity contribution >= 4 is 155 Å². The number of thiophene rings is 5. The Balaban J connectivity index is 0.000000144. The predicted molar refractivity (Wildman–Crippen MR) is 528 cm³/mol. The second-order valence-corrected chi connectivity index (χ2v) is 40.5. The summed E-state index contributed by atoms with van der Waals surface area (Å²) in [5.74, 6) is 1.64. The largest absolute Gasteiger partial charge is 0.494 e. The molecule has 1 fully saturated rings. The van der Waals surface area contributed by atoms with Gasteiger partial charge in [-0.1, -0.05) is 73.4 Å². The number of nitro benzene ring substituents is 1. The Labute approximate surface area is 793 Å². The number of carbonyl (C=O) groups is 3. The van der Waals surface area contributed by atoms with E-state index in [2.05, 4.69) is 48.2 Å². The molecule has 17 rings (SSSR count). The Hall–Kier alpha value is -14.3. The minimum absolute atomic E-state index is 0.00206. The standard InChI is InChI=1S/C23H28N4O2S.C21H24N2O4S.C19H14N4O5S2.C17H16N4O5S.C16H12N2OS/c1-4-5-10-25-11-13-26(14-12-25)23(29)21-19-15-30-17(3)20(19)22(28)27(24-21)18-8-6-16(2)7-9-18;1-6-11-26-15-9-7-14(8-10-15)23-19(24)17-13(2)28-12-16(17)18(22-23)20(25)27-21(3,4)5;1-11-2-4-12(5-3-11)22-19(24)16-15(10-29-17(16)20)18(21-22)30(27,28)14-8-6-13(7-9-14)23(25)26;1-9-13-11(8-27-9)14(16(23)26-17(2,3)4)19-20(15(13)22)10-5-6-12(18-7-10)21(24)25;1-4-14-13-9-20-11(3)15(13)16(19)18(17-14)12-7-5-10(2)6-8-12/h6-9,15H,4-5,10-14H2,1-3H3;7-10,12H,6,11H2,1-5H3;2-10H,20H2,1H3;5-8H,1-4H3;1,5-9H,2-3H3. The van der Waals surface area contributed by atoms with Gasteiger partial charge in [0.1, 0.15) is 28.3 Å². The molecular weight excluding hydrogens is 1840 g/mol. The van der Waals surface area contributed by atoms with Crippen LogP contribution in [0.3, 0.4) is 0 Å². The number of amides is 1. The summed E-state index contributed by atoms with van der Waals surface area (Å²) in [7, 11) is -4.19. The highest BCUT2D eigenvalue weighted by atomic mass is 32.2. The number of rotatable bonds is 18. The quantitative estimate of drug-likeness (QED) is 0.0361. The van der Waals surface area contributed by atoms with Crippen LogP contribution in [0.4, 0.5) is 16.5 Å². The Kier molecular flexibility index (Phi) is 29.9. The predicted octanol–water partition coefficient (Wildman–Crippen LogP) is 17.3. The normalized spacial score (nSPS) is 12.2. The van der Waals surface area contributed by atoms with Crippen LogP contribution in [0.1, 0.15) is 148 Å². The summed E-state index contributed by atoms with van der Waals surface area (Å²) in [5.41, 5.74) is 9.59. The van der Waals surface area contributed by atoms with Gasteiger partial charge in [-0.15, -0.1) is 63.1 Å². The number of ether oxygens (including phenoxy) is 3. The third kappa shape index (κ3) is 21.7. The van der Waals surface area contributed by atoms with Gasteiger partial charge in [0, 0.05) is 118 Å². The molecule has 33 nitrogen and oxygen atoms in total. The van der Waals surface area contributed by atoms with Gasteiger partial charge in [-0.05, 0) is 204 Å². The van der Waals surface area contributed by atoms with Gasteiger partial charge < -0.3 is 35.0 Å². The van der Waals surface area contributed by atoms with Crippen molar-refractivity contribution < 1.29 is 46.9 Å². The molecule has 12 heterocycles. The first-order chi connectivity index (χ1) is 64.1. The van der Waals surface area contributed by atoms with E-state index in [9.17, 15) is 67.0 Å². The lowest BCUT2D eigenvalue weighted by Gasteiger charge is -2.34. The van der Waals surface area contributed by atoms with Crippen LogP contribution in [-0.4, -0.2) is 150 Å². The number of hydrogen-bond acceptors (Lipinski definition) is 30. The summed E-state index contributed by atoms with van der Waals surface area (Å²) in [4.78, 5) is 135. The number of anilines is 1. The van der Waals surface area contributed by atoms with Gasteiger partial charge in [0.2, 0.25) is 9.84 Å². The number of aromatic nitrogens is 11. The molecule has 1 saturated heterocycles. The van der Waals surface area contributed by atoms with E-state index in [0.29, 0.717) is 85.8 Å². The van der Waals surface area contributed by atoms with E-state index in [1.54, 1.807) is 108 Å². The smallest absolute Gasteiger partial charge is 0.363 e. The summed E-state index contributed by atoms with van der Waals surface area (Å²) in [6, 6.07) is 36.2. The van der Waals surface area contributed by atoms with Crippen LogP contribution in [0.5, 0.6) is 5.75 Å². The molecule has 696 valence electrons. The molecule has 1 aliphatic heterocycles. The SMILES string of the molecule is C#Cc1nn(-c2ccc(C)cc2)c(=O)c2c(C)scc12.CCCCN1CCN(C(=O)c2nn(-c3ccc(C)cc3)c(=O)c3c(C)scc23)CC1.CCCOc1ccc(-n2nc(C(=O)OC(C)(C)C)c3csc(C)c3c2=O)cc1.Cc1ccc(-n2nc(S(=O)(=O)c3ccc([N+](=O)[O-])cc3)c3csc(N)c3c2=O)cc1.Cc1scc2c(C(=O)OC(C)(C)C)nn(-c3ccc([N+](=O)[O-])nc3)c(=O)c12. The molecule has 0 atom stereocenters. The number of piperazine rings is 1. The van der Waals surface area contributed by atoms with Crippen LogP contribution in [0.25, 0.3) is 82.3 Å². The summed E-state index contributed by atoms with van der Waals surface area (Å²) < 4.78 is 49.1. The third-order valence-electron chi connectivity index (χ3n) is 21.2. The fourth-order valence-electron chi connectivity index (χ4n) is 14.3.